The fraction of sp³-hybridized carbons (Fsp3) is 0.556. The Balaban J connectivity index is 1.99. The lowest BCUT2D eigenvalue weighted by atomic mass is 10.4. The van der Waals surface area contributed by atoms with Crippen LogP contribution in [0.4, 0.5) is 0 Å². The van der Waals surface area contributed by atoms with E-state index in [4.69, 9.17) is 16.3 Å². The summed E-state index contributed by atoms with van der Waals surface area (Å²) in [5.41, 5.74) is 0.277. The first kappa shape index (κ1) is 10.4. The maximum absolute atomic E-state index is 11.6. The van der Waals surface area contributed by atoms with Gasteiger partial charge in [-0.25, -0.2) is 0 Å². The van der Waals surface area contributed by atoms with Crippen molar-refractivity contribution in [1.82, 2.24) is 15.1 Å². The summed E-state index contributed by atoms with van der Waals surface area (Å²) in [4.78, 5) is 11.6. The van der Waals surface area contributed by atoms with Crippen LogP contribution in [0.5, 0.6) is 0 Å². The van der Waals surface area contributed by atoms with Crippen LogP contribution < -0.4 is 5.32 Å². The number of amides is 1. The highest BCUT2D eigenvalue weighted by atomic mass is 35.5. The van der Waals surface area contributed by atoms with Gasteiger partial charge in [0.25, 0.3) is 5.91 Å². The molecule has 2 heterocycles. The average Bonchev–Trinajstić information content (AvgIpc) is 2.97. The van der Waals surface area contributed by atoms with Gasteiger partial charge < -0.3 is 10.1 Å². The van der Waals surface area contributed by atoms with Crippen molar-refractivity contribution in [2.24, 2.45) is 0 Å². The summed E-state index contributed by atoms with van der Waals surface area (Å²) in [6.45, 7) is 3.87. The number of nitrogens with one attached hydrogen (secondary N) is 1. The number of ether oxygens (including phenoxy) is 1. The monoisotopic (exact) mass is 229 g/mol. The van der Waals surface area contributed by atoms with Gasteiger partial charge in [0.05, 0.1) is 17.7 Å². The van der Waals surface area contributed by atoms with Crippen molar-refractivity contribution < 1.29 is 9.53 Å². The van der Waals surface area contributed by atoms with E-state index in [9.17, 15) is 4.79 Å². The largest absolute Gasteiger partial charge is 0.371 e. The molecule has 0 unspecified atom stereocenters. The fourth-order valence-corrected chi connectivity index (χ4v) is 1.43. The van der Waals surface area contributed by atoms with E-state index in [0.29, 0.717) is 18.1 Å². The van der Waals surface area contributed by atoms with Crippen LogP contribution in [0.3, 0.4) is 0 Å². The van der Waals surface area contributed by atoms with E-state index in [1.165, 1.54) is 0 Å². The van der Waals surface area contributed by atoms with Gasteiger partial charge in [-0.2, -0.15) is 5.10 Å². The zero-order chi connectivity index (χ0) is 10.8. The molecular formula is C9H12ClN3O2. The van der Waals surface area contributed by atoms with Crippen molar-refractivity contribution in [3.63, 3.8) is 0 Å². The first-order valence-electron chi connectivity index (χ1n) is 4.83. The normalized spacial score (nSPS) is 18.9. The standard InChI is InChI=1S/C9H12ClN3O2/c1-2-13-4-7(10)8(12-13)9(14)11-3-6-5-15-6/h4,6H,2-3,5H2,1H3,(H,11,14)/t6-/m1/s1. The molecule has 0 radical (unpaired) electrons. The van der Waals surface area contributed by atoms with Crippen LogP contribution in [0.2, 0.25) is 5.02 Å². The first-order chi connectivity index (χ1) is 7.20. The summed E-state index contributed by atoms with van der Waals surface area (Å²) in [6, 6.07) is 0. The van der Waals surface area contributed by atoms with Crippen molar-refractivity contribution in [2.75, 3.05) is 13.2 Å². The Labute approximate surface area is 92.4 Å². The molecular weight excluding hydrogens is 218 g/mol. The van der Waals surface area contributed by atoms with Crippen molar-refractivity contribution in [1.29, 1.82) is 0 Å². The van der Waals surface area contributed by atoms with Crippen molar-refractivity contribution >= 4 is 17.5 Å². The van der Waals surface area contributed by atoms with Crippen LogP contribution in [0.25, 0.3) is 0 Å². The van der Waals surface area contributed by atoms with Crippen LogP contribution in [-0.2, 0) is 11.3 Å². The molecule has 1 aliphatic heterocycles. The molecule has 1 aromatic heterocycles. The second-order valence-electron chi connectivity index (χ2n) is 3.35. The second kappa shape index (κ2) is 4.20. The van der Waals surface area contributed by atoms with E-state index >= 15 is 0 Å². The summed E-state index contributed by atoms with van der Waals surface area (Å²) in [7, 11) is 0. The topological polar surface area (TPSA) is 59.5 Å². The van der Waals surface area contributed by atoms with E-state index in [-0.39, 0.29) is 17.7 Å². The van der Waals surface area contributed by atoms with E-state index in [2.05, 4.69) is 10.4 Å². The summed E-state index contributed by atoms with van der Waals surface area (Å²) in [5.74, 6) is -0.247. The van der Waals surface area contributed by atoms with Crippen LogP contribution in [0.1, 0.15) is 17.4 Å². The Morgan fingerprint density at radius 3 is 3.13 bits per heavy atom. The number of hydrogen-bond acceptors (Lipinski definition) is 3. The van der Waals surface area contributed by atoms with Gasteiger partial charge in [0.1, 0.15) is 0 Å². The Bertz CT molecular complexity index is 373. The maximum Gasteiger partial charge on any atom is 0.273 e. The highest BCUT2D eigenvalue weighted by Crippen LogP contribution is 2.14. The molecule has 2 rings (SSSR count). The SMILES string of the molecule is CCn1cc(Cl)c(C(=O)NC[C@@H]2CO2)n1. The molecule has 1 aromatic rings. The third kappa shape index (κ3) is 2.49. The zero-order valence-corrected chi connectivity index (χ0v) is 9.12. The lowest BCUT2D eigenvalue weighted by Gasteiger charge is -1.99. The number of aromatic nitrogens is 2. The molecule has 1 amide bonds. The number of epoxide rings is 1. The smallest absolute Gasteiger partial charge is 0.273 e. The minimum atomic E-state index is -0.247. The average molecular weight is 230 g/mol. The third-order valence-corrected chi connectivity index (χ3v) is 2.43. The lowest BCUT2D eigenvalue weighted by Crippen LogP contribution is -2.28. The Morgan fingerprint density at radius 2 is 2.60 bits per heavy atom. The molecule has 5 nitrogen and oxygen atoms in total. The van der Waals surface area contributed by atoms with E-state index < -0.39 is 0 Å². The third-order valence-electron chi connectivity index (χ3n) is 2.15. The lowest BCUT2D eigenvalue weighted by molar-refractivity contribution is 0.0944. The van der Waals surface area contributed by atoms with E-state index in [0.717, 1.165) is 6.61 Å². The van der Waals surface area contributed by atoms with E-state index in [1.54, 1.807) is 10.9 Å². The Morgan fingerprint density at radius 1 is 1.87 bits per heavy atom. The fourth-order valence-electron chi connectivity index (χ4n) is 1.19. The van der Waals surface area contributed by atoms with Crippen molar-refractivity contribution in [2.45, 2.75) is 19.6 Å². The molecule has 1 saturated heterocycles. The molecule has 1 aliphatic rings. The number of halogens is 1. The quantitative estimate of drug-likeness (QED) is 0.773. The molecule has 1 atom stereocenters. The Kier molecular flexibility index (Phi) is 2.93. The molecule has 1 N–H and O–H groups in total. The van der Waals surface area contributed by atoms with Crippen LogP contribution >= 0.6 is 11.6 Å². The van der Waals surface area contributed by atoms with Gasteiger partial charge in [-0.05, 0) is 6.92 Å². The van der Waals surface area contributed by atoms with Crippen molar-refractivity contribution in [3.05, 3.63) is 16.9 Å². The summed E-state index contributed by atoms with van der Waals surface area (Å²) in [6.07, 6.45) is 1.81. The number of hydrogen-bond donors (Lipinski definition) is 1. The van der Waals surface area contributed by atoms with Crippen LogP contribution in [0.15, 0.2) is 6.20 Å². The highest BCUT2D eigenvalue weighted by molar-refractivity contribution is 6.33. The van der Waals surface area contributed by atoms with Gasteiger partial charge in [-0.1, -0.05) is 11.6 Å². The summed E-state index contributed by atoms with van der Waals surface area (Å²) >= 11 is 5.87. The summed E-state index contributed by atoms with van der Waals surface area (Å²) < 4.78 is 6.61. The van der Waals surface area contributed by atoms with Gasteiger partial charge in [0.15, 0.2) is 5.69 Å². The second-order valence-corrected chi connectivity index (χ2v) is 3.75. The molecule has 0 saturated carbocycles. The molecule has 82 valence electrons. The van der Waals surface area contributed by atoms with Gasteiger partial charge in [0.2, 0.25) is 0 Å². The molecule has 1 fully saturated rings. The minimum Gasteiger partial charge on any atom is -0.371 e. The first-order valence-corrected chi connectivity index (χ1v) is 5.21. The van der Waals surface area contributed by atoms with Crippen molar-refractivity contribution in [3.8, 4) is 0 Å². The maximum atomic E-state index is 11.6. The zero-order valence-electron chi connectivity index (χ0n) is 8.36. The molecule has 6 heteroatoms. The van der Waals surface area contributed by atoms with E-state index in [1.807, 2.05) is 6.92 Å². The highest BCUT2D eigenvalue weighted by Gasteiger charge is 2.24. The number of aryl methyl sites for hydroxylation is 1. The Hall–Kier alpha value is -1.07. The predicted octanol–water partition coefficient (Wildman–Crippen LogP) is 0.685. The number of carbonyl (C=O) groups excluding carboxylic acids is 1. The minimum absolute atomic E-state index is 0.168. The predicted molar refractivity (Wildman–Crippen MR) is 55.0 cm³/mol. The summed E-state index contributed by atoms with van der Waals surface area (Å²) in [5, 5.41) is 7.15. The van der Waals surface area contributed by atoms with Gasteiger partial charge in [0, 0.05) is 19.3 Å². The molecule has 0 aliphatic carbocycles. The number of carbonyl (C=O) groups is 1. The number of nitrogens with zero attached hydrogens (tertiary/aromatic N) is 2. The molecule has 0 aromatic carbocycles. The molecule has 0 spiro atoms. The van der Waals surface area contributed by atoms with Gasteiger partial charge >= 0.3 is 0 Å². The molecule has 15 heavy (non-hydrogen) atoms. The molecule has 0 bridgehead atoms. The van der Waals surface area contributed by atoms with Gasteiger partial charge in [-0.3, -0.25) is 9.48 Å². The van der Waals surface area contributed by atoms with Crippen LogP contribution in [-0.4, -0.2) is 34.9 Å². The van der Waals surface area contributed by atoms with Gasteiger partial charge in [-0.15, -0.1) is 0 Å². The number of rotatable bonds is 4. The van der Waals surface area contributed by atoms with Crippen LogP contribution in [0, 0.1) is 0 Å².